The summed E-state index contributed by atoms with van der Waals surface area (Å²) in [7, 11) is 0. The molecule has 0 spiro atoms. The van der Waals surface area contributed by atoms with Crippen molar-refractivity contribution in [3.8, 4) is 0 Å². The van der Waals surface area contributed by atoms with E-state index in [1.807, 2.05) is 4.90 Å². The highest BCUT2D eigenvalue weighted by molar-refractivity contribution is 5.85. The molecule has 0 aromatic carbocycles. The van der Waals surface area contributed by atoms with E-state index in [0.29, 0.717) is 13.0 Å². The van der Waals surface area contributed by atoms with Crippen molar-refractivity contribution >= 4 is 18.3 Å². The first-order valence-electron chi connectivity index (χ1n) is 5.87. The molecule has 2 fully saturated rings. The molecule has 5 heteroatoms. The Bertz CT molecular complexity index is 234. The summed E-state index contributed by atoms with van der Waals surface area (Å²) >= 11 is 0. The highest BCUT2D eigenvalue weighted by Gasteiger charge is 2.24. The predicted octanol–water partition coefficient (Wildman–Crippen LogP) is 0.784. The zero-order valence-corrected chi connectivity index (χ0v) is 10.4. The summed E-state index contributed by atoms with van der Waals surface area (Å²) in [6, 6.07) is 0.182. The Morgan fingerprint density at radius 1 is 1.38 bits per heavy atom. The quantitative estimate of drug-likeness (QED) is 0.732. The Labute approximate surface area is 103 Å². The van der Waals surface area contributed by atoms with E-state index in [0.717, 1.165) is 32.0 Å². The molecule has 2 N–H and O–H groups in total. The van der Waals surface area contributed by atoms with Gasteiger partial charge in [0.2, 0.25) is 5.91 Å². The van der Waals surface area contributed by atoms with Crippen molar-refractivity contribution in [1.82, 2.24) is 4.90 Å². The maximum atomic E-state index is 11.6. The van der Waals surface area contributed by atoms with Gasteiger partial charge < -0.3 is 15.4 Å². The number of likely N-dealkylation sites (tertiary alicyclic amines) is 1. The van der Waals surface area contributed by atoms with Gasteiger partial charge in [-0.1, -0.05) is 0 Å². The van der Waals surface area contributed by atoms with E-state index >= 15 is 0 Å². The topological polar surface area (TPSA) is 55.6 Å². The van der Waals surface area contributed by atoms with Gasteiger partial charge >= 0.3 is 0 Å². The normalized spacial score (nSPS) is 24.3. The SMILES string of the molecule is Cl.N[C@@H]1CCN(C(=O)CCOCC2CC2)C1. The van der Waals surface area contributed by atoms with Gasteiger partial charge in [0.1, 0.15) is 0 Å². The summed E-state index contributed by atoms with van der Waals surface area (Å²) in [6.45, 7) is 2.96. The van der Waals surface area contributed by atoms with Gasteiger partial charge in [-0.2, -0.15) is 0 Å². The minimum absolute atomic E-state index is 0. The smallest absolute Gasteiger partial charge is 0.224 e. The molecule has 1 saturated carbocycles. The van der Waals surface area contributed by atoms with Crippen molar-refractivity contribution in [2.45, 2.75) is 31.7 Å². The number of nitrogens with zero attached hydrogens (tertiary/aromatic N) is 1. The molecule has 1 saturated heterocycles. The summed E-state index contributed by atoms with van der Waals surface area (Å²) in [4.78, 5) is 13.5. The largest absolute Gasteiger partial charge is 0.381 e. The van der Waals surface area contributed by atoms with Crippen molar-refractivity contribution < 1.29 is 9.53 Å². The van der Waals surface area contributed by atoms with Crippen molar-refractivity contribution in [1.29, 1.82) is 0 Å². The number of carbonyl (C=O) groups excluding carboxylic acids is 1. The number of halogens is 1. The highest BCUT2D eigenvalue weighted by atomic mass is 35.5. The van der Waals surface area contributed by atoms with Crippen molar-refractivity contribution in [3.63, 3.8) is 0 Å². The molecular weight excluding hydrogens is 228 g/mol. The number of amides is 1. The van der Waals surface area contributed by atoms with Gasteiger partial charge in [0.25, 0.3) is 0 Å². The lowest BCUT2D eigenvalue weighted by Crippen LogP contribution is -2.32. The van der Waals surface area contributed by atoms with Crippen LogP contribution in [0.5, 0.6) is 0 Å². The number of hydrogen-bond donors (Lipinski definition) is 1. The molecule has 0 aromatic heterocycles. The van der Waals surface area contributed by atoms with Crippen LogP contribution in [-0.4, -0.2) is 43.2 Å². The second kappa shape index (κ2) is 6.42. The maximum Gasteiger partial charge on any atom is 0.224 e. The van der Waals surface area contributed by atoms with Gasteiger partial charge in [-0.25, -0.2) is 0 Å². The number of carbonyl (C=O) groups is 1. The van der Waals surface area contributed by atoms with Gasteiger partial charge in [0.05, 0.1) is 13.0 Å². The van der Waals surface area contributed by atoms with E-state index in [4.69, 9.17) is 10.5 Å². The van der Waals surface area contributed by atoms with Crippen LogP contribution in [0, 0.1) is 5.92 Å². The van der Waals surface area contributed by atoms with E-state index < -0.39 is 0 Å². The van der Waals surface area contributed by atoms with Crippen molar-refractivity contribution in [2.24, 2.45) is 11.7 Å². The first-order chi connectivity index (χ1) is 7.25. The van der Waals surface area contributed by atoms with Crippen LogP contribution in [0.2, 0.25) is 0 Å². The minimum Gasteiger partial charge on any atom is -0.381 e. The Morgan fingerprint density at radius 2 is 2.12 bits per heavy atom. The average molecular weight is 249 g/mol. The average Bonchev–Trinajstić information content (AvgIpc) is 2.94. The molecule has 1 atom stereocenters. The summed E-state index contributed by atoms with van der Waals surface area (Å²) < 4.78 is 5.44. The van der Waals surface area contributed by atoms with Gasteiger partial charge in [-0.05, 0) is 25.2 Å². The molecular formula is C11H21ClN2O2. The van der Waals surface area contributed by atoms with Crippen LogP contribution in [0.25, 0.3) is 0 Å². The highest BCUT2D eigenvalue weighted by Crippen LogP contribution is 2.28. The third-order valence-corrected chi connectivity index (χ3v) is 3.09. The second-order valence-electron chi connectivity index (χ2n) is 4.66. The summed E-state index contributed by atoms with van der Waals surface area (Å²) in [5, 5.41) is 0. The predicted molar refractivity (Wildman–Crippen MR) is 64.6 cm³/mol. The molecule has 94 valence electrons. The molecule has 16 heavy (non-hydrogen) atoms. The first kappa shape index (κ1) is 13.7. The summed E-state index contributed by atoms with van der Waals surface area (Å²) in [5.74, 6) is 0.971. The molecule has 1 aliphatic carbocycles. The van der Waals surface area contributed by atoms with E-state index in [-0.39, 0.29) is 24.4 Å². The molecule has 0 radical (unpaired) electrons. The Morgan fingerprint density at radius 3 is 2.69 bits per heavy atom. The van der Waals surface area contributed by atoms with Gasteiger partial charge in [-0.15, -0.1) is 12.4 Å². The third-order valence-electron chi connectivity index (χ3n) is 3.09. The summed E-state index contributed by atoms with van der Waals surface area (Å²) in [6.07, 6.45) is 4.05. The van der Waals surface area contributed by atoms with Crippen LogP contribution < -0.4 is 5.73 Å². The number of ether oxygens (including phenoxy) is 1. The summed E-state index contributed by atoms with van der Waals surface area (Å²) in [5.41, 5.74) is 5.74. The fourth-order valence-corrected chi connectivity index (χ4v) is 1.87. The first-order valence-corrected chi connectivity index (χ1v) is 5.87. The molecule has 2 rings (SSSR count). The lowest BCUT2D eigenvalue weighted by molar-refractivity contribution is -0.131. The zero-order chi connectivity index (χ0) is 10.7. The van der Waals surface area contributed by atoms with E-state index in [1.165, 1.54) is 12.8 Å². The monoisotopic (exact) mass is 248 g/mol. The molecule has 1 amide bonds. The zero-order valence-electron chi connectivity index (χ0n) is 9.56. The van der Waals surface area contributed by atoms with Crippen molar-refractivity contribution in [2.75, 3.05) is 26.3 Å². The molecule has 0 unspecified atom stereocenters. The van der Waals surface area contributed by atoms with Crippen LogP contribution >= 0.6 is 12.4 Å². The van der Waals surface area contributed by atoms with Crippen LogP contribution in [0.4, 0.5) is 0 Å². The number of nitrogens with two attached hydrogens (primary N) is 1. The van der Waals surface area contributed by atoms with Crippen LogP contribution in [-0.2, 0) is 9.53 Å². The van der Waals surface area contributed by atoms with E-state index in [1.54, 1.807) is 0 Å². The van der Waals surface area contributed by atoms with E-state index in [9.17, 15) is 4.79 Å². The number of hydrogen-bond acceptors (Lipinski definition) is 3. The third kappa shape index (κ3) is 4.28. The Hall–Kier alpha value is -0.320. The van der Waals surface area contributed by atoms with Crippen molar-refractivity contribution in [3.05, 3.63) is 0 Å². The van der Waals surface area contributed by atoms with E-state index in [2.05, 4.69) is 0 Å². The lowest BCUT2D eigenvalue weighted by Gasteiger charge is -2.15. The van der Waals surface area contributed by atoms with Gasteiger partial charge in [-0.3, -0.25) is 4.79 Å². The molecule has 2 aliphatic rings. The van der Waals surface area contributed by atoms with Gasteiger partial charge in [0, 0.05) is 25.7 Å². The maximum absolute atomic E-state index is 11.6. The fraction of sp³-hybridized carbons (Fsp3) is 0.909. The molecule has 0 bridgehead atoms. The Balaban J connectivity index is 0.00000128. The fourth-order valence-electron chi connectivity index (χ4n) is 1.87. The molecule has 1 aliphatic heterocycles. The minimum atomic E-state index is 0. The standard InChI is InChI=1S/C11H20N2O2.ClH/c12-10-3-5-13(7-10)11(14)4-6-15-8-9-1-2-9;/h9-10H,1-8,12H2;1H/t10-;/m1./s1. The molecule has 1 heterocycles. The number of rotatable bonds is 5. The lowest BCUT2D eigenvalue weighted by atomic mass is 10.3. The van der Waals surface area contributed by atoms with Crippen LogP contribution in [0.1, 0.15) is 25.7 Å². The van der Waals surface area contributed by atoms with Crippen LogP contribution in [0.3, 0.4) is 0 Å². The molecule has 0 aromatic rings. The second-order valence-corrected chi connectivity index (χ2v) is 4.66. The molecule has 4 nitrogen and oxygen atoms in total. The Kier molecular flexibility index (Phi) is 5.52. The van der Waals surface area contributed by atoms with Crippen LogP contribution in [0.15, 0.2) is 0 Å². The van der Waals surface area contributed by atoms with Gasteiger partial charge in [0.15, 0.2) is 0 Å².